The van der Waals surface area contributed by atoms with Crippen LogP contribution >= 0.6 is 0 Å². The lowest BCUT2D eigenvalue weighted by atomic mass is 10.1. The number of rotatable bonds is 7. The summed E-state index contributed by atoms with van der Waals surface area (Å²) in [6.07, 6.45) is 4.78. The molecule has 134 valence electrons. The molecule has 2 aromatic carbocycles. The smallest absolute Gasteiger partial charge is 0.118 e. The van der Waals surface area contributed by atoms with Crippen LogP contribution in [0.2, 0.25) is 0 Å². The standard InChI is InChI=1S/C22H24N2O2/c1-25-19-11-7-17(8-12-19)21(15-3-4-15)23-24-22(16-5-6-16)18-9-13-20(26-2)14-10-18/h7-16H,3-6H2,1-2H3/b23-21-,24-22-. The molecule has 0 radical (unpaired) electrons. The van der Waals surface area contributed by atoms with Crippen molar-refractivity contribution in [1.82, 2.24) is 0 Å². The molecule has 2 aromatic rings. The first-order valence-electron chi connectivity index (χ1n) is 9.23. The van der Waals surface area contributed by atoms with Gasteiger partial charge in [0.2, 0.25) is 0 Å². The van der Waals surface area contributed by atoms with Crippen LogP contribution in [0.3, 0.4) is 0 Å². The summed E-state index contributed by atoms with van der Waals surface area (Å²) in [4.78, 5) is 0. The van der Waals surface area contributed by atoms with Crippen molar-refractivity contribution < 1.29 is 9.47 Å². The van der Waals surface area contributed by atoms with Crippen LogP contribution in [0, 0.1) is 11.8 Å². The van der Waals surface area contributed by atoms with Crippen molar-refractivity contribution in [2.24, 2.45) is 22.0 Å². The van der Waals surface area contributed by atoms with E-state index in [2.05, 4.69) is 24.3 Å². The number of nitrogens with zero attached hydrogens (tertiary/aromatic N) is 2. The van der Waals surface area contributed by atoms with Gasteiger partial charge in [0.25, 0.3) is 0 Å². The van der Waals surface area contributed by atoms with Crippen LogP contribution in [0.5, 0.6) is 11.5 Å². The van der Waals surface area contributed by atoms with E-state index in [4.69, 9.17) is 19.7 Å². The Morgan fingerprint density at radius 3 is 1.27 bits per heavy atom. The van der Waals surface area contributed by atoms with Gasteiger partial charge in [0.1, 0.15) is 11.5 Å². The molecular formula is C22H24N2O2. The average Bonchev–Trinajstić information content (AvgIpc) is 3.59. The van der Waals surface area contributed by atoms with Gasteiger partial charge in [-0.2, -0.15) is 10.2 Å². The molecule has 0 aromatic heterocycles. The van der Waals surface area contributed by atoms with Crippen LogP contribution in [0.4, 0.5) is 0 Å². The molecule has 4 heteroatoms. The molecule has 2 aliphatic carbocycles. The Kier molecular flexibility index (Phi) is 4.74. The fourth-order valence-electron chi connectivity index (χ4n) is 3.10. The molecule has 0 heterocycles. The van der Waals surface area contributed by atoms with Crippen molar-refractivity contribution in [1.29, 1.82) is 0 Å². The highest BCUT2D eigenvalue weighted by molar-refractivity contribution is 6.06. The van der Waals surface area contributed by atoms with Crippen LogP contribution in [-0.4, -0.2) is 25.6 Å². The highest BCUT2D eigenvalue weighted by Gasteiger charge is 2.31. The fourth-order valence-corrected chi connectivity index (χ4v) is 3.10. The lowest BCUT2D eigenvalue weighted by Crippen LogP contribution is -2.06. The number of benzene rings is 2. The van der Waals surface area contributed by atoms with E-state index < -0.39 is 0 Å². The molecule has 2 fully saturated rings. The van der Waals surface area contributed by atoms with E-state index in [1.54, 1.807) is 14.2 Å². The zero-order valence-corrected chi connectivity index (χ0v) is 15.3. The second-order valence-electron chi connectivity index (χ2n) is 6.98. The molecule has 0 N–H and O–H groups in total. The second kappa shape index (κ2) is 7.32. The Hall–Kier alpha value is -2.62. The van der Waals surface area contributed by atoms with Gasteiger partial charge < -0.3 is 9.47 Å². The predicted molar refractivity (Wildman–Crippen MR) is 105 cm³/mol. The summed E-state index contributed by atoms with van der Waals surface area (Å²) in [5, 5.41) is 9.45. The number of hydrogen-bond donors (Lipinski definition) is 0. The average molecular weight is 348 g/mol. The summed E-state index contributed by atoms with van der Waals surface area (Å²) in [5.74, 6) is 2.79. The van der Waals surface area contributed by atoms with Gasteiger partial charge >= 0.3 is 0 Å². The molecule has 0 aliphatic heterocycles. The lowest BCUT2D eigenvalue weighted by Gasteiger charge is -2.07. The van der Waals surface area contributed by atoms with Crippen LogP contribution < -0.4 is 9.47 Å². The number of methoxy groups -OCH3 is 2. The third-order valence-electron chi connectivity index (χ3n) is 4.97. The number of hydrogen-bond acceptors (Lipinski definition) is 4. The molecule has 0 unspecified atom stereocenters. The van der Waals surface area contributed by atoms with Crippen molar-refractivity contribution >= 4 is 11.4 Å². The zero-order chi connectivity index (χ0) is 17.9. The molecule has 0 amide bonds. The first kappa shape index (κ1) is 16.8. The molecular weight excluding hydrogens is 324 g/mol. The molecule has 4 nitrogen and oxygen atoms in total. The van der Waals surface area contributed by atoms with Crippen molar-refractivity contribution in [3.63, 3.8) is 0 Å². The molecule has 2 aliphatic rings. The highest BCUT2D eigenvalue weighted by Crippen LogP contribution is 2.36. The number of ether oxygens (including phenoxy) is 2. The Bertz CT molecular complexity index is 743. The van der Waals surface area contributed by atoms with E-state index in [1.807, 2.05) is 24.3 Å². The summed E-state index contributed by atoms with van der Waals surface area (Å²) >= 11 is 0. The molecule has 4 rings (SSSR count). The molecule has 2 saturated carbocycles. The summed E-state index contributed by atoms with van der Waals surface area (Å²) < 4.78 is 10.5. The SMILES string of the molecule is COc1ccc(/C(=N\N=C(/c2ccc(OC)cc2)C2CC2)C2CC2)cc1. The Morgan fingerprint density at radius 1 is 0.654 bits per heavy atom. The van der Waals surface area contributed by atoms with Crippen molar-refractivity contribution in [3.05, 3.63) is 59.7 Å². The summed E-state index contributed by atoms with van der Waals surface area (Å²) in [6, 6.07) is 16.3. The minimum absolute atomic E-state index is 0.531. The van der Waals surface area contributed by atoms with E-state index in [-0.39, 0.29) is 0 Å². The van der Waals surface area contributed by atoms with Crippen molar-refractivity contribution in [2.75, 3.05) is 14.2 Å². The molecule has 0 bridgehead atoms. The maximum atomic E-state index is 5.26. The maximum absolute atomic E-state index is 5.26. The molecule has 0 spiro atoms. The maximum Gasteiger partial charge on any atom is 0.118 e. The quantitative estimate of drug-likeness (QED) is 0.537. The minimum Gasteiger partial charge on any atom is -0.497 e. The third-order valence-corrected chi connectivity index (χ3v) is 4.97. The van der Waals surface area contributed by atoms with Crippen molar-refractivity contribution in [2.45, 2.75) is 25.7 Å². The van der Waals surface area contributed by atoms with Crippen molar-refractivity contribution in [3.8, 4) is 11.5 Å². The van der Waals surface area contributed by atoms with Crippen LogP contribution in [0.15, 0.2) is 58.7 Å². The van der Waals surface area contributed by atoms with E-state index >= 15 is 0 Å². The summed E-state index contributed by atoms with van der Waals surface area (Å²) in [7, 11) is 3.37. The van der Waals surface area contributed by atoms with Crippen LogP contribution in [-0.2, 0) is 0 Å². The largest absolute Gasteiger partial charge is 0.497 e. The van der Waals surface area contributed by atoms with Gasteiger partial charge in [0, 0.05) is 11.8 Å². The van der Waals surface area contributed by atoms with Gasteiger partial charge in [-0.3, -0.25) is 0 Å². The second-order valence-corrected chi connectivity index (χ2v) is 6.98. The van der Waals surface area contributed by atoms with Gasteiger partial charge in [-0.05, 0) is 85.3 Å². The summed E-state index contributed by atoms with van der Waals surface area (Å²) in [6.45, 7) is 0. The zero-order valence-electron chi connectivity index (χ0n) is 15.3. The van der Waals surface area contributed by atoms with Gasteiger partial charge in [0.05, 0.1) is 25.6 Å². The molecule has 26 heavy (non-hydrogen) atoms. The Balaban J connectivity index is 1.65. The Morgan fingerprint density at radius 2 is 1.00 bits per heavy atom. The van der Waals surface area contributed by atoms with E-state index in [9.17, 15) is 0 Å². The summed E-state index contributed by atoms with van der Waals surface area (Å²) in [5.41, 5.74) is 4.47. The first-order valence-corrected chi connectivity index (χ1v) is 9.23. The van der Waals surface area contributed by atoms with Crippen LogP contribution in [0.25, 0.3) is 0 Å². The highest BCUT2D eigenvalue weighted by atomic mass is 16.5. The lowest BCUT2D eigenvalue weighted by molar-refractivity contribution is 0.414. The normalized spacial score (nSPS) is 17.9. The topological polar surface area (TPSA) is 43.2 Å². The third kappa shape index (κ3) is 3.79. The van der Waals surface area contributed by atoms with E-state index in [1.165, 1.54) is 25.7 Å². The first-order chi connectivity index (χ1) is 12.8. The molecule has 0 saturated heterocycles. The van der Waals surface area contributed by atoms with Gasteiger partial charge in [-0.25, -0.2) is 0 Å². The Labute approximate surface area is 154 Å². The van der Waals surface area contributed by atoms with Crippen LogP contribution in [0.1, 0.15) is 36.8 Å². The fraction of sp³-hybridized carbons (Fsp3) is 0.364. The minimum atomic E-state index is 0.531. The van der Waals surface area contributed by atoms with Gasteiger partial charge in [-0.15, -0.1) is 0 Å². The van der Waals surface area contributed by atoms with Gasteiger partial charge in [-0.1, -0.05) is 0 Å². The van der Waals surface area contributed by atoms with E-state index in [0.717, 1.165) is 34.0 Å². The molecule has 0 atom stereocenters. The van der Waals surface area contributed by atoms with Gasteiger partial charge in [0.15, 0.2) is 0 Å². The van der Waals surface area contributed by atoms with E-state index in [0.29, 0.717) is 11.8 Å². The monoisotopic (exact) mass is 348 g/mol. The predicted octanol–water partition coefficient (Wildman–Crippen LogP) is 4.72.